The SMILES string of the molecule is CCc1cccc(CNC[C@@H](OC(=O)C(O)CC(=O)c2cccc(OC)c2)[C@@H](N)Cc2cc(F)cc(F)c2)c1. The third-order valence-electron chi connectivity index (χ3n) is 6.26. The minimum atomic E-state index is -1.73. The first-order valence-electron chi connectivity index (χ1n) is 12.7. The van der Waals surface area contributed by atoms with E-state index in [0.717, 1.165) is 30.2 Å². The molecule has 0 saturated carbocycles. The molecule has 3 aromatic carbocycles. The van der Waals surface area contributed by atoms with Gasteiger partial charge in [0.15, 0.2) is 11.9 Å². The van der Waals surface area contributed by atoms with E-state index in [0.29, 0.717) is 17.9 Å². The Bertz CT molecular complexity index is 1250. The predicted molar refractivity (Wildman–Crippen MR) is 143 cm³/mol. The van der Waals surface area contributed by atoms with Gasteiger partial charge in [0, 0.05) is 37.2 Å². The molecule has 0 saturated heterocycles. The number of nitrogens with one attached hydrogen (secondary N) is 1. The summed E-state index contributed by atoms with van der Waals surface area (Å²) in [5.74, 6) is -2.51. The van der Waals surface area contributed by atoms with Crippen LogP contribution < -0.4 is 15.8 Å². The Hall–Kier alpha value is -3.66. The largest absolute Gasteiger partial charge is 0.497 e. The molecule has 4 N–H and O–H groups in total. The standard InChI is InChI=1S/C30H34F2N2O5/c1-3-19-6-4-7-20(10-19)17-34-18-29(26(33)13-21-11-23(31)15-24(32)12-21)39-30(37)28(36)16-27(35)22-8-5-9-25(14-22)38-2/h4-12,14-15,26,28-29,34,36H,3,13,16-18,33H2,1-2H3/t26-,28?,29+/m0/s1. The fourth-order valence-electron chi connectivity index (χ4n) is 4.13. The Kier molecular flexibility index (Phi) is 11.1. The maximum atomic E-state index is 13.7. The van der Waals surface area contributed by atoms with Gasteiger partial charge in [-0.3, -0.25) is 4.79 Å². The maximum Gasteiger partial charge on any atom is 0.335 e. The minimum absolute atomic E-state index is 0.0124. The first kappa shape index (κ1) is 29.9. The third kappa shape index (κ3) is 9.24. The van der Waals surface area contributed by atoms with Crippen molar-refractivity contribution in [3.63, 3.8) is 0 Å². The van der Waals surface area contributed by atoms with Crippen LogP contribution in [0, 0.1) is 11.6 Å². The van der Waals surface area contributed by atoms with E-state index in [-0.39, 0.29) is 18.5 Å². The first-order chi connectivity index (χ1) is 18.7. The fraction of sp³-hybridized carbons (Fsp3) is 0.333. The van der Waals surface area contributed by atoms with Crippen molar-refractivity contribution in [1.29, 1.82) is 0 Å². The van der Waals surface area contributed by atoms with Crippen molar-refractivity contribution in [2.45, 2.75) is 51.0 Å². The van der Waals surface area contributed by atoms with E-state index >= 15 is 0 Å². The Morgan fingerprint density at radius 1 is 0.974 bits per heavy atom. The Morgan fingerprint density at radius 3 is 2.36 bits per heavy atom. The Balaban J connectivity index is 1.68. The number of Topliss-reactive ketones (excluding diaryl/α,β-unsaturated/α-hetero) is 1. The van der Waals surface area contributed by atoms with Gasteiger partial charge in [-0.1, -0.05) is 43.3 Å². The average Bonchev–Trinajstić information content (AvgIpc) is 2.91. The minimum Gasteiger partial charge on any atom is -0.497 e. The summed E-state index contributed by atoms with van der Waals surface area (Å²) in [7, 11) is 1.46. The van der Waals surface area contributed by atoms with Gasteiger partial charge in [-0.2, -0.15) is 0 Å². The monoisotopic (exact) mass is 540 g/mol. The van der Waals surface area contributed by atoms with Gasteiger partial charge in [-0.15, -0.1) is 0 Å². The predicted octanol–water partition coefficient (Wildman–Crippen LogP) is 3.74. The van der Waals surface area contributed by atoms with Crippen LogP contribution in [0.3, 0.4) is 0 Å². The summed E-state index contributed by atoms with van der Waals surface area (Å²) in [5, 5.41) is 13.6. The third-order valence-corrected chi connectivity index (χ3v) is 6.26. The summed E-state index contributed by atoms with van der Waals surface area (Å²) in [6, 6.07) is 16.6. The molecule has 0 heterocycles. The summed E-state index contributed by atoms with van der Waals surface area (Å²) in [6.07, 6.45) is -2.29. The number of aliphatic hydroxyl groups is 1. The summed E-state index contributed by atoms with van der Waals surface area (Å²) in [6.45, 7) is 2.62. The zero-order valence-corrected chi connectivity index (χ0v) is 22.0. The highest BCUT2D eigenvalue weighted by Gasteiger charge is 2.28. The van der Waals surface area contributed by atoms with Crippen molar-refractivity contribution >= 4 is 11.8 Å². The zero-order chi connectivity index (χ0) is 28.4. The molecule has 0 radical (unpaired) electrons. The van der Waals surface area contributed by atoms with E-state index in [4.69, 9.17) is 15.2 Å². The maximum absolute atomic E-state index is 13.7. The number of carbonyl (C=O) groups is 2. The number of esters is 1. The van der Waals surface area contributed by atoms with Crippen LogP contribution >= 0.6 is 0 Å². The number of ether oxygens (including phenoxy) is 2. The number of aliphatic hydroxyl groups excluding tert-OH is 1. The average molecular weight is 541 g/mol. The fourth-order valence-corrected chi connectivity index (χ4v) is 4.13. The van der Waals surface area contributed by atoms with Crippen LogP contribution in [0.2, 0.25) is 0 Å². The number of nitrogens with two attached hydrogens (primary N) is 1. The van der Waals surface area contributed by atoms with Gasteiger partial charge in [0.25, 0.3) is 0 Å². The van der Waals surface area contributed by atoms with Crippen molar-refractivity contribution in [2.24, 2.45) is 5.73 Å². The van der Waals surface area contributed by atoms with Gasteiger partial charge < -0.3 is 25.6 Å². The van der Waals surface area contributed by atoms with E-state index in [1.807, 2.05) is 18.2 Å². The van der Waals surface area contributed by atoms with Crippen molar-refractivity contribution < 1.29 is 33.0 Å². The number of benzene rings is 3. The van der Waals surface area contributed by atoms with Gasteiger partial charge in [0.1, 0.15) is 23.5 Å². The molecule has 7 nitrogen and oxygen atoms in total. The van der Waals surface area contributed by atoms with E-state index in [9.17, 15) is 23.5 Å². The van der Waals surface area contributed by atoms with Gasteiger partial charge in [-0.25, -0.2) is 13.6 Å². The highest BCUT2D eigenvalue weighted by molar-refractivity contribution is 5.98. The molecule has 3 atom stereocenters. The molecule has 3 rings (SSSR count). The molecule has 0 aliphatic carbocycles. The van der Waals surface area contributed by atoms with Crippen LogP contribution in [0.15, 0.2) is 66.7 Å². The Labute approximate surface area is 226 Å². The van der Waals surface area contributed by atoms with Gasteiger partial charge in [0.2, 0.25) is 0 Å². The van der Waals surface area contributed by atoms with Crippen LogP contribution in [0.4, 0.5) is 8.78 Å². The van der Waals surface area contributed by atoms with Crippen LogP contribution in [0.1, 0.15) is 40.4 Å². The van der Waals surface area contributed by atoms with Crippen molar-refractivity contribution in [2.75, 3.05) is 13.7 Å². The number of ketones is 1. The van der Waals surface area contributed by atoms with E-state index < -0.39 is 48.1 Å². The van der Waals surface area contributed by atoms with E-state index in [2.05, 4.69) is 18.3 Å². The van der Waals surface area contributed by atoms with Crippen molar-refractivity contribution in [3.8, 4) is 5.75 Å². The molecule has 9 heteroatoms. The molecule has 3 aromatic rings. The quantitative estimate of drug-likeness (QED) is 0.211. The molecule has 0 aliphatic heterocycles. The molecule has 0 aromatic heterocycles. The second-order valence-corrected chi connectivity index (χ2v) is 9.30. The lowest BCUT2D eigenvalue weighted by atomic mass is 10.0. The first-order valence-corrected chi connectivity index (χ1v) is 12.7. The number of methoxy groups -OCH3 is 1. The van der Waals surface area contributed by atoms with Crippen molar-refractivity contribution in [1.82, 2.24) is 5.32 Å². The second-order valence-electron chi connectivity index (χ2n) is 9.30. The molecule has 0 aliphatic rings. The van der Waals surface area contributed by atoms with Crippen LogP contribution in [-0.4, -0.2) is 48.8 Å². The van der Waals surface area contributed by atoms with Gasteiger partial charge >= 0.3 is 5.97 Å². The van der Waals surface area contributed by atoms with Crippen molar-refractivity contribution in [3.05, 3.63) is 101 Å². The molecular weight excluding hydrogens is 506 g/mol. The lowest BCUT2D eigenvalue weighted by molar-refractivity contribution is -0.159. The van der Waals surface area contributed by atoms with Gasteiger partial charge in [0.05, 0.1) is 7.11 Å². The second kappa shape index (κ2) is 14.5. The summed E-state index contributed by atoms with van der Waals surface area (Å²) in [4.78, 5) is 25.4. The van der Waals surface area contributed by atoms with Crippen LogP contribution in [0.25, 0.3) is 0 Å². The highest BCUT2D eigenvalue weighted by atomic mass is 19.1. The molecular formula is C30H34F2N2O5. The number of halogens is 2. The van der Waals surface area contributed by atoms with E-state index in [1.165, 1.54) is 18.7 Å². The summed E-state index contributed by atoms with van der Waals surface area (Å²) in [5.41, 5.74) is 9.09. The molecule has 0 amide bonds. The topological polar surface area (TPSA) is 111 Å². The molecule has 0 spiro atoms. The zero-order valence-electron chi connectivity index (χ0n) is 22.0. The number of aryl methyl sites for hydroxylation is 1. The highest BCUT2D eigenvalue weighted by Crippen LogP contribution is 2.17. The number of hydrogen-bond acceptors (Lipinski definition) is 7. The molecule has 1 unspecified atom stereocenters. The Morgan fingerprint density at radius 2 is 1.67 bits per heavy atom. The lowest BCUT2D eigenvalue weighted by Gasteiger charge is -2.26. The molecule has 208 valence electrons. The summed E-state index contributed by atoms with van der Waals surface area (Å²) >= 11 is 0. The molecule has 0 bridgehead atoms. The summed E-state index contributed by atoms with van der Waals surface area (Å²) < 4.78 is 38.0. The van der Waals surface area contributed by atoms with Gasteiger partial charge in [-0.05, 0) is 53.8 Å². The van der Waals surface area contributed by atoms with E-state index in [1.54, 1.807) is 18.2 Å². The smallest absolute Gasteiger partial charge is 0.335 e. The number of hydrogen-bond donors (Lipinski definition) is 3. The van der Waals surface area contributed by atoms with Crippen LogP contribution in [0.5, 0.6) is 5.75 Å². The lowest BCUT2D eigenvalue weighted by Crippen LogP contribution is -2.47. The molecule has 0 fully saturated rings. The van der Waals surface area contributed by atoms with Crippen LogP contribution in [-0.2, 0) is 28.9 Å². The normalized spacial score (nSPS) is 13.4. The number of rotatable bonds is 14. The molecule has 39 heavy (non-hydrogen) atoms. The number of carbonyl (C=O) groups excluding carboxylic acids is 2.